The second-order valence-corrected chi connectivity index (χ2v) is 9.92. The van der Waals surface area contributed by atoms with Gasteiger partial charge in [0.25, 0.3) is 5.91 Å². The SMILES string of the molecule is CCCCNC(=O)[C@@H](Cc1ccccc1)N(Cc1ccc(Cl)cc1)C(=O)COc1ccc(I)cc1. The fourth-order valence-electron chi connectivity index (χ4n) is 3.61. The van der Waals surface area contributed by atoms with Crippen LogP contribution in [0.1, 0.15) is 30.9 Å². The van der Waals surface area contributed by atoms with E-state index in [4.69, 9.17) is 16.3 Å². The van der Waals surface area contributed by atoms with E-state index in [-0.39, 0.29) is 25.0 Å². The third-order valence-corrected chi connectivity index (χ3v) is 6.51. The Morgan fingerprint density at radius 1 is 0.971 bits per heavy atom. The molecule has 1 N–H and O–H groups in total. The minimum absolute atomic E-state index is 0.165. The maximum absolute atomic E-state index is 13.5. The van der Waals surface area contributed by atoms with Crippen molar-refractivity contribution in [3.05, 3.63) is 98.6 Å². The standard InChI is InChI=1S/C28H30ClIN2O3/c1-2-3-17-31-28(34)26(18-21-7-5-4-6-8-21)32(19-22-9-11-23(29)12-10-22)27(33)20-35-25-15-13-24(30)14-16-25/h4-16,26H,2-3,17-20H2,1H3,(H,31,34)/t26-/m1/s1. The van der Waals surface area contributed by atoms with Crippen molar-refractivity contribution in [3.63, 3.8) is 0 Å². The number of benzene rings is 3. The lowest BCUT2D eigenvalue weighted by Gasteiger charge is -2.31. The molecule has 3 aromatic carbocycles. The van der Waals surface area contributed by atoms with E-state index in [9.17, 15) is 9.59 Å². The molecule has 35 heavy (non-hydrogen) atoms. The Kier molecular flexibility index (Phi) is 10.9. The van der Waals surface area contributed by atoms with Crippen molar-refractivity contribution in [3.8, 4) is 5.75 Å². The molecule has 3 rings (SSSR count). The number of amides is 2. The van der Waals surface area contributed by atoms with Crippen molar-refractivity contribution in [2.75, 3.05) is 13.2 Å². The molecule has 1 atom stereocenters. The monoisotopic (exact) mass is 604 g/mol. The van der Waals surface area contributed by atoms with Crippen LogP contribution in [0.2, 0.25) is 5.02 Å². The van der Waals surface area contributed by atoms with Gasteiger partial charge in [-0.3, -0.25) is 9.59 Å². The number of unbranched alkanes of at least 4 members (excludes halogenated alkanes) is 1. The van der Waals surface area contributed by atoms with E-state index in [1.54, 1.807) is 17.0 Å². The van der Waals surface area contributed by atoms with Crippen LogP contribution in [0.25, 0.3) is 0 Å². The molecule has 0 radical (unpaired) electrons. The van der Waals surface area contributed by atoms with E-state index in [1.807, 2.05) is 66.7 Å². The molecule has 0 aliphatic carbocycles. The normalized spacial score (nSPS) is 11.5. The summed E-state index contributed by atoms with van der Waals surface area (Å²) in [6.07, 6.45) is 2.26. The van der Waals surface area contributed by atoms with E-state index in [0.29, 0.717) is 23.7 Å². The van der Waals surface area contributed by atoms with Crippen molar-refractivity contribution >= 4 is 46.0 Å². The molecule has 5 nitrogen and oxygen atoms in total. The maximum Gasteiger partial charge on any atom is 0.261 e. The molecule has 0 heterocycles. The van der Waals surface area contributed by atoms with Crippen molar-refractivity contribution in [1.29, 1.82) is 0 Å². The first-order valence-electron chi connectivity index (χ1n) is 11.7. The number of hydrogen-bond acceptors (Lipinski definition) is 3. The summed E-state index contributed by atoms with van der Waals surface area (Å²) in [5.41, 5.74) is 1.87. The zero-order chi connectivity index (χ0) is 25.0. The Bertz CT molecular complexity index is 1080. The Morgan fingerprint density at radius 2 is 1.66 bits per heavy atom. The molecule has 0 spiro atoms. The fourth-order valence-corrected chi connectivity index (χ4v) is 4.09. The molecule has 0 aromatic heterocycles. The summed E-state index contributed by atoms with van der Waals surface area (Å²) >= 11 is 8.28. The highest BCUT2D eigenvalue weighted by molar-refractivity contribution is 14.1. The minimum Gasteiger partial charge on any atom is -0.484 e. The molecular formula is C28H30ClIN2O3. The molecule has 0 saturated carbocycles. The Morgan fingerprint density at radius 3 is 2.31 bits per heavy atom. The number of nitrogens with zero attached hydrogens (tertiary/aromatic N) is 1. The number of halogens is 2. The summed E-state index contributed by atoms with van der Waals surface area (Å²) in [6.45, 7) is 2.75. The third kappa shape index (κ3) is 8.85. The molecule has 0 aliphatic rings. The van der Waals surface area contributed by atoms with Crippen LogP contribution in [0.4, 0.5) is 0 Å². The van der Waals surface area contributed by atoms with E-state index < -0.39 is 6.04 Å². The highest BCUT2D eigenvalue weighted by Gasteiger charge is 2.30. The zero-order valence-electron chi connectivity index (χ0n) is 19.8. The van der Waals surface area contributed by atoms with Crippen molar-refractivity contribution in [2.45, 2.75) is 38.8 Å². The van der Waals surface area contributed by atoms with Gasteiger partial charge in [0.15, 0.2) is 6.61 Å². The molecular weight excluding hydrogens is 575 g/mol. The lowest BCUT2D eigenvalue weighted by atomic mass is 10.0. The van der Waals surface area contributed by atoms with Gasteiger partial charge in [-0.15, -0.1) is 0 Å². The number of hydrogen-bond donors (Lipinski definition) is 1. The molecule has 0 bridgehead atoms. The number of nitrogens with one attached hydrogen (secondary N) is 1. The first-order chi connectivity index (χ1) is 17.0. The summed E-state index contributed by atoms with van der Waals surface area (Å²) in [4.78, 5) is 28.5. The highest BCUT2D eigenvalue weighted by Crippen LogP contribution is 2.18. The predicted octanol–water partition coefficient (Wildman–Crippen LogP) is 5.88. The first-order valence-corrected chi connectivity index (χ1v) is 13.2. The van der Waals surface area contributed by atoms with Crippen molar-refractivity contribution in [1.82, 2.24) is 10.2 Å². The summed E-state index contributed by atoms with van der Waals surface area (Å²) in [5, 5.41) is 3.64. The van der Waals surface area contributed by atoms with Crippen LogP contribution < -0.4 is 10.1 Å². The van der Waals surface area contributed by atoms with Gasteiger partial charge < -0.3 is 15.0 Å². The Hall–Kier alpha value is -2.58. The van der Waals surface area contributed by atoms with Crippen LogP contribution in [0.5, 0.6) is 5.75 Å². The lowest BCUT2D eigenvalue weighted by molar-refractivity contribution is -0.142. The van der Waals surface area contributed by atoms with Crippen LogP contribution in [0.3, 0.4) is 0 Å². The number of rotatable bonds is 12. The van der Waals surface area contributed by atoms with Crippen LogP contribution in [0, 0.1) is 3.57 Å². The number of carbonyl (C=O) groups excluding carboxylic acids is 2. The van der Waals surface area contributed by atoms with Gasteiger partial charge in [-0.1, -0.05) is 67.4 Å². The van der Waals surface area contributed by atoms with Crippen LogP contribution in [-0.4, -0.2) is 35.9 Å². The highest BCUT2D eigenvalue weighted by atomic mass is 127. The summed E-state index contributed by atoms with van der Waals surface area (Å²) in [5.74, 6) is 0.182. The van der Waals surface area contributed by atoms with Gasteiger partial charge in [-0.05, 0) is 76.5 Å². The van der Waals surface area contributed by atoms with E-state index in [0.717, 1.165) is 27.5 Å². The second kappa shape index (κ2) is 14.1. The van der Waals surface area contributed by atoms with Crippen molar-refractivity contribution in [2.24, 2.45) is 0 Å². The second-order valence-electron chi connectivity index (χ2n) is 8.24. The van der Waals surface area contributed by atoms with Gasteiger partial charge in [-0.25, -0.2) is 0 Å². The smallest absolute Gasteiger partial charge is 0.261 e. The van der Waals surface area contributed by atoms with Crippen molar-refractivity contribution < 1.29 is 14.3 Å². The third-order valence-electron chi connectivity index (χ3n) is 5.54. The molecule has 0 unspecified atom stereocenters. The lowest BCUT2D eigenvalue weighted by Crippen LogP contribution is -2.51. The minimum atomic E-state index is -0.683. The average Bonchev–Trinajstić information content (AvgIpc) is 2.87. The number of carbonyl (C=O) groups is 2. The number of ether oxygens (including phenoxy) is 1. The van der Waals surface area contributed by atoms with Gasteiger partial charge >= 0.3 is 0 Å². The Labute approximate surface area is 226 Å². The molecule has 3 aromatic rings. The predicted molar refractivity (Wildman–Crippen MR) is 149 cm³/mol. The van der Waals surface area contributed by atoms with E-state index >= 15 is 0 Å². The molecule has 0 saturated heterocycles. The quantitative estimate of drug-likeness (QED) is 0.208. The van der Waals surface area contributed by atoms with Gasteiger partial charge in [0.05, 0.1) is 0 Å². The van der Waals surface area contributed by atoms with Crippen LogP contribution >= 0.6 is 34.2 Å². The van der Waals surface area contributed by atoms with Gasteiger partial charge in [-0.2, -0.15) is 0 Å². The average molecular weight is 605 g/mol. The zero-order valence-corrected chi connectivity index (χ0v) is 22.7. The topological polar surface area (TPSA) is 58.6 Å². The summed E-state index contributed by atoms with van der Waals surface area (Å²) in [6, 6.07) is 23.9. The molecule has 0 aliphatic heterocycles. The van der Waals surface area contributed by atoms with Gasteiger partial charge in [0, 0.05) is 28.1 Å². The summed E-state index contributed by atoms with van der Waals surface area (Å²) < 4.78 is 6.87. The summed E-state index contributed by atoms with van der Waals surface area (Å²) in [7, 11) is 0. The molecule has 0 fully saturated rings. The molecule has 7 heteroatoms. The van der Waals surface area contributed by atoms with Crippen LogP contribution in [0.15, 0.2) is 78.9 Å². The maximum atomic E-state index is 13.5. The largest absolute Gasteiger partial charge is 0.484 e. The molecule has 2 amide bonds. The first kappa shape index (κ1) is 27.0. The molecule has 184 valence electrons. The van der Waals surface area contributed by atoms with Crippen LogP contribution in [-0.2, 0) is 22.6 Å². The van der Waals surface area contributed by atoms with E-state index in [2.05, 4.69) is 34.8 Å². The Balaban J connectivity index is 1.86. The fraction of sp³-hybridized carbons (Fsp3) is 0.286. The van der Waals surface area contributed by atoms with Gasteiger partial charge in [0.1, 0.15) is 11.8 Å². The van der Waals surface area contributed by atoms with E-state index in [1.165, 1.54) is 0 Å². The van der Waals surface area contributed by atoms with Gasteiger partial charge in [0.2, 0.25) is 5.91 Å².